The molecule has 2 rings (SSSR count). The van der Waals surface area contributed by atoms with Crippen molar-refractivity contribution < 1.29 is 0 Å². The molecular formula is C16H23IN4S. The minimum Gasteiger partial charge on any atom is -0.370 e. The third kappa shape index (κ3) is 5.24. The van der Waals surface area contributed by atoms with Crippen LogP contribution in [0.4, 0.5) is 5.69 Å². The van der Waals surface area contributed by atoms with Crippen LogP contribution in [-0.4, -0.2) is 10.9 Å². The second kappa shape index (κ2) is 8.47. The Kier molecular flexibility index (Phi) is 7.28. The number of aliphatic imine (C=N–C) groups is 1. The van der Waals surface area contributed by atoms with E-state index in [4.69, 9.17) is 5.73 Å². The molecule has 0 aliphatic rings. The summed E-state index contributed by atoms with van der Waals surface area (Å²) in [4.78, 5) is 8.88. The first-order valence-electron chi connectivity index (χ1n) is 7.04. The van der Waals surface area contributed by atoms with Crippen molar-refractivity contribution >= 4 is 47.0 Å². The van der Waals surface area contributed by atoms with Crippen LogP contribution in [0.1, 0.15) is 41.6 Å². The van der Waals surface area contributed by atoms with E-state index in [9.17, 15) is 0 Å². The summed E-state index contributed by atoms with van der Waals surface area (Å²) in [7, 11) is 0. The van der Waals surface area contributed by atoms with Gasteiger partial charge in [-0.05, 0) is 37.1 Å². The topological polar surface area (TPSA) is 63.3 Å². The van der Waals surface area contributed by atoms with E-state index in [0.717, 1.165) is 16.4 Å². The Morgan fingerprint density at radius 1 is 1.32 bits per heavy atom. The standard InChI is InChI=1S/C16H22N4S.HI/c1-10(2)15-19-14(9-21-15)8-18-16(17)20-13-6-5-11(3)12(4)7-13;/h5-7,9-10H,8H2,1-4H3,(H3,17,18,20);1H. The summed E-state index contributed by atoms with van der Waals surface area (Å²) in [5.41, 5.74) is 10.3. The number of guanidine groups is 1. The second-order valence-corrected chi connectivity index (χ2v) is 6.35. The number of rotatable bonds is 4. The molecule has 22 heavy (non-hydrogen) atoms. The lowest BCUT2D eigenvalue weighted by molar-refractivity contribution is 0.837. The van der Waals surface area contributed by atoms with Gasteiger partial charge >= 0.3 is 0 Å². The molecule has 0 radical (unpaired) electrons. The Hall–Kier alpha value is -1.15. The van der Waals surface area contributed by atoms with Gasteiger partial charge in [-0.1, -0.05) is 19.9 Å². The first-order valence-corrected chi connectivity index (χ1v) is 7.92. The molecule has 0 amide bonds. The van der Waals surface area contributed by atoms with Crippen molar-refractivity contribution in [3.8, 4) is 0 Å². The van der Waals surface area contributed by atoms with Crippen LogP contribution in [0.25, 0.3) is 0 Å². The number of hydrogen-bond acceptors (Lipinski definition) is 3. The van der Waals surface area contributed by atoms with Crippen molar-refractivity contribution in [3.63, 3.8) is 0 Å². The lowest BCUT2D eigenvalue weighted by Gasteiger charge is -2.07. The Labute approximate surface area is 153 Å². The van der Waals surface area contributed by atoms with E-state index in [1.54, 1.807) is 11.3 Å². The van der Waals surface area contributed by atoms with E-state index in [1.165, 1.54) is 11.1 Å². The quantitative estimate of drug-likeness (QED) is 0.429. The summed E-state index contributed by atoms with van der Waals surface area (Å²) in [5, 5.41) is 6.30. The molecule has 0 spiro atoms. The molecule has 1 aromatic carbocycles. The van der Waals surface area contributed by atoms with E-state index in [-0.39, 0.29) is 24.0 Å². The van der Waals surface area contributed by atoms with Crippen LogP contribution in [0.5, 0.6) is 0 Å². The monoisotopic (exact) mass is 430 g/mol. The van der Waals surface area contributed by atoms with Gasteiger partial charge in [0.05, 0.1) is 17.2 Å². The fourth-order valence-electron chi connectivity index (χ4n) is 1.83. The molecule has 1 aromatic heterocycles. The fraction of sp³-hybridized carbons (Fsp3) is 0.375. The second-order valence-electron chi connectivity index (χ2n) is 5.46. The smallest absolute Gasteiger partial charge is 0.193 e. The third-order valence-corrected chi connectivity index (χ3v) is 4.45. The molecule has 0 bridgehead atoms. The van der Waals surface area contributed by atoms with Gasteiger partial charge < -0.3 is 11.1 Å². The summed E-state index contributed by atoms with van der Waals surface area (Å²) >= 11 is 1.68. The maximum absolute atomic E-state index is 5.92. The molecule has 3 N–H and O–H groups in total. The van der Waals surface area contributed by atoms with E-state index in [2.05, 4.69) is 55.1 Å². The van der Waals surface area contributed by atoms with Gasteiger partial charge in [-0.3, -0.25) is 0 Å². The number of nitrogens with zero attached hydrogens (tertiary/aromatic N) is 2. The predicted octanol–water partition coefficient (Wildman–Crippen LogP) is 4.43. The van der Waals surface area contributed by atoms with Gasteiger partial charge in [0.15, 0.2) is 5.96 Å². The van der Waals surface area contributed by atoms with Crippen LogP contribution in [0.3, 0.4) is 0 Å². The van der Waals surface area contributed by atoms with Crippen molar-refractivity contribution in [2.45, 2.75) is 40.2 Å². The zero-order valence-electron chi connectivity index (χ0n) is 13.4. The highest BCUT2D eigenvalue weighted by molar-refractivity contribution is 14.0. The summed E-state index contributed by atoms with van der Waals surface area (Å²) in [5.74, 6) is 0.871. The molecule has 0 fully saturated rings. The largest absolute Gasteiger partial charge is 0.370 e. The number of aromatic nitrogens is 1. The maximum Gasteiger partial charge on any atom is 0.193 e. The van der Waals surface area contributed by atoms with Gasteiger partial charge in [-0.2, -0.15) is 0 Å². The fourth-order valence-corrected chi connectivity index (χ4v) is 2.66. The van der Waals surface area contributed by atoms with Crippen molar-refractivity contribution in [1.29, 1.82) is 0 Å². The van der Waals surface area contributed by atoms with Crippen LogP contribution in [-0.2, 0) is 6.54 Å². The molecule has 0 unspecified atom stereocenters. The summed E-state index contributed by atoms with van der Waals surface area (Å²) in [6.07, 6.45) is 0. The molecule has 120 valence electrons. The van der Waals surface area contributed by atoms with Gasteiger partial charge in [0.2, 0.25) is 0 Å². The van der Waals surface area contributed by atoms with Gasteiger partial charge in [0.25, 0.3) is 0 Å². The Balaban J connectivity index is 0.00000242. The molecular weight excluding hydrogens is 407 g/mol. The van der Waals surface area contributed by atoms with Crippen LogP contribution in [0.2, 0.25) is 0 Å². The Bertz CT molecular complexity index is 649. The molecule has 0 aliphatic heterocycles. The molecule has 0 atom stereocenters. The average Bonchev–Trinajstić information content (AvgIpc) is 2.90. The number of aryl methyl sites for hydroxylation is 2. The van der Waals surface area contributed by atoms with Crippen molar-refractivity contribution in [3.05, 3.63) is 45.4 Å². The minimum absolute atomic E-state index is 0. The predicted molar refractivity (Wildman–Crippen MR) is 106 cm³/mol. The van der Waals surface area contributed by atoms with Crippen molar-refractivity contribution in [1.82, 2.24) is 4.98 Å². The summed E-state index contributed by atoms with van der Waals surface area (Å²) < 4.78 is 0. The highest BCUT2D eigenvalue weighted by Gasteiger charge is 2.05. The van der Waals surface area contributed by atoms with Crippen molar-refractivity contribution in [2.75, 3.05) is 5.32 Å². The minimum atomic E-state index is 0. The van der Waals surface area contributed by atoms with Gasteiger partial charge in [-0.25, -0.2) is 9.98 Å². The van der Waals surface area contributed by atoms with Gasteiger partial charge in [0.1, 0.15) is 0 Å². The number of benzene rings is 1. The number of halogens is 1. The third-order valence-electron chi connectivity index (χ3n) is 3.25. The Morgan fingerprint density at radius 2 is 2.05 bits per heavy atom. The van der Waals surface area contributed by atoms with E-state index in [0.29, 0.717) is 18.4 Å². The summed E-state index contributed by atoms with van der Waals surface area (Å²) in [6, 6.07) is 6.14. The lowest BCUT2D eigenvalue weighted by atomic mass is 10.1. The first-order chi connectivity index (χ1) is 9.95. The highest BCUT2D eigenvalue weighted by atomic mass is 127. The molecule has 6 heteroatoms. The summed E-state index contributed by atoms with van der Waals surface area (Å²) in [6.45, 7) is 8.96. The molecule has 1 heterocycles. The molecule has 0 saturated heterocycles. The van der Waals surface area contributed by atoms with Crippen LogP contribution < -0.4 is 11.1 Å². The van der Waals surface area contributed by atoms with E-state index < -0.39 is 0 Å². The number of nitrogens with one attached hydrogen (secondary N) is 1. The van der Waals surface area contributed by atoms with Crippen LogP contribution >= 0.6 is 35.3 Å². The average molecular weight is 430 g/mol. The maximum atomic E-state index is 5.92. The number of thiazole rings is 1. The van der Waals surface area contributed by atoms with Gasteiger partial charge in [-0.15, -0.1) is 35.3 Å². The first kappa shape index (κ1) is 18.9. The van der Waals surface area contributed by atoms with Crippen LogP contribution in [0, 0.1) is 13.8 Å². The molecule has 4 nitrogen and oxygen atoms in total. The van der Waals surface area contributed by atoms with Gasteiger partial charge in [0, 0.05) is 17.0 Å². The highest BCUT2D eigenvalue weighted by Crippen LogP contribution is 2.19. The normalized spacial score (nSPS) is 11.4. The SMILES string of the molecule is Cc1ccc(NC(N)=NCc2csc(C(C)C)n2)cc1C.I. The zero-order valence-corrected chi connectivity index (χ0v) is 16.5. The Morgan fingerprint density at radius 3 is 2.64 bits per heavy atom. The zero-order chi connectivity index (χ0) is 15.4. The molecule has 0 aliphatic carbocycles. The molecule has 2 aromatic rings. The number of hydrogen-bond donors (Lipinski definition) is 2. The van der Waals surface area contributed by atoms with E-state index >= 15 is 0 Å². The lowest BCUT2D eigenvalue weighted by Crippen LogP contribution is -2.22. The van der Waals surface area contributed by atoms with Crippen molar-refractivity contribution in [2.24, 2.45) is 10.7 Å². The number of anilines is 1. The molecule has 0 saturated carbocycles. The van der Waals surface area contributed by atoms with E-state index in [1.807, 2.05) is 11.4 Å². The van der Waals surface area contributed by atoms with Crippen LogP contribution in [0.15, 0.2) is 28.6 Å². The number of nitrogens with two attached hydrogens (primary N) is 1.